The van der Waals surface area contributed by atoms with Gasteiger partial charge >= 0.3 is 0 Å². The van der Waals surface area contributed by atoms with Gasteiger partial charge < -0.3 is 9.30 Å². The van der Waals surface area contributed by atoms with Crippen LogP contribution in [0.5, 0.6) is 0 Å². The van der Waals surface area contributed by atoms with Gasteiger partial charge in [-0.05, 0) is 32.3 Å². The Morgan fingerprint density at radius 2 is 2.19 bits per heavy atom. The highest BCUT2D eigenvalue weighted by molar-refractivity contribution is 6.31. The average molecular weight is 331 g/mol. The molecule has 0 saturated heterocycles. The number of alkyl halides is 1. The number of rotatable bonds is 4. The van der Waals surface area contributed by atoms with Crippen LogP contribution < -0.4 is 0 Å². The second-order valence-corrected chi connectivity index (χ2v) is 6.73. The molecule has 0 aliphatic heterocycles. The smallest absolute Gasteiger partial charge is 0.144 e. The number of nitrogens with zero attached hydrogens (tertiary/aromatic N) is 2. The highest BCUT2D eigenvalue weighted by Crippen LogP contribution is 2.39. The molecule has 1 atom stereocenters. The topological polar surface area (TPSA) is 27.1 Å². The van der Waals surface area contributed by atoms with Gasteiger partial charge in [0.1, 0.15) is 11.6 Å². The van der Waals surface area contributed by atoms with Gasteiger partial charge in [-0.1, -0.05) is 11.6 Å². The van der Waals surface area contributed by atoms with E-state index >= 15 is 0 Å². The first kappa shape index (κ1) is 15.1. The van der Waals surface area contributed by atoms with Crippen molar-refractivity contribution in [2.75, 3.05) is 7.11 Å². The van der Waals surface area contributed by atoms with Crippen LogP contribution in [0.4, 0.5) is 4.39 Å². The van der Waals surface area contributed by atoms with Gasteiger partial charge in [0.25, 0.3) is 0 Å². The zero-order valence-corrected chi connectivity index (χ0v) is 13.5. The van der Waals surface area contributed by atoms with Crippen LogP contribution in [0.1, 0.15) is 37.4 Å². The number of hydrogen-bond acceptors (Lipinski definition) is 2. The van der Waals surface area contributed by atoms with Gasteiger partial charge in [-0.25, -0.2) is 9.37 Å². The van der Waals surface area contributed by atoms with Gasteiger partial charge in [0.2, 0.25) is 0 Å². The van der Waals surface area contributed by atoms with E-state index in [0.717, 1.165) is 25.1 Å². The lowest BCUT2D eigenvalue weighted by Gasteiger charge is -2.41. The standard InChI is InChI=1S/C15H17Cl2FN2O/c1-9(16)14-19-12-6-10(17)11(18)7-13(12)20(14)8-15(21-2)4-3-5-15/h6-7,9H,3-5,8H2,1-2H3. The summed E-state index contributed by atoms with van der Waals surface area (Å²) in [6.07, 6.45) is 3.14. The van der Waals surface area contributed by atoms with E-state index in [2.05, 4.69) is 4.98 Å². The maximum Gasteiger partial charge on any atom is 0.144 e. The number of halogens is 3. The number of fused-ring (bicyclic) bond motifs is 1. The van der Waals surface area contributed by atoms with Crippen molar-refractivity contribution in [2.24, 2.45) is 0 Å². The van der Waals surface area contributed by atoms with Crippen molar-refractivity contribution in [2.45, 2.75) is 43.7 Å². The van der Waals surface area contributed by atoms with Crippen molar-refractivity contribution in [1.29, 1.82) is 0 Å². The summed E-state index contributed by atoms with van der Waals surface area (Å²) >= 11 is 12.1. The van der Waals surface area contributed by atoms with Gasteiger partial charge in [0, 0.05) is 13.2 Å². The van der Waals surface area contributed by atoms with Crippen LogP contribution in [0.3, 0.4) is 0 Å². The molecular formula is C15H17Cl2FN2O. The maximum atomic E-state index is 13.8. The van der Waals surface area contributed by atoms with Crippen LogP contribution in [-0.4, -0.2) is 22.3 Å². The fourth-order valence-corrected chi connectivity index (χ4v) is 3.22. The Labute approximate surface area is 133 Å². The summed E-state index contributed by atoms with van der Waals surface area (Å²) < 4.78 is 21.5. The highest BCUT2D eigenvalue weighted by Gasteiger charge is 2.38. The van der Waals surface area contributed by atoms with Crippen LogP contribution in [-0.2, 0) is 11.3 Å². The summed E-state index contributed by atoms with van der Waals surface area (Å²) in [5.41, 5.74) is 1.18. The third-order valence-electron chi connectivity index (χ3n) is 4.32. The summed E-state index contributed by atoms with van der Waals surface area (Å²) in [5.74, 6) is 0.274. The monoisotopic (exact) mass is 330 g/mol. The SMILES string of the molecule is COC1(Cn2c(C(C)Cl)nc3cc(Cl)c(F)cc32)CCC1. The van der Waals surface area contributed by atoms with Crippen LogP contribution in [0.25, 0.3) is 11.0 Å². The van der Waals surface area contributed by atoms with Gasteiger partial charge in [-0.15, -0.1) is 11.6 Å². The molecule has 1 heterocycles. The molecule has 1 aromatic carbocycles. The number of aromatic nitrogens is 2. The Bertz CT molecular complexity index is 674. The third-order valence-corrected chi connectivity index (χ3v) is 4.80. The molecule has 1 saturated carbocycles. The lowest BCUT2D eigenvalue weighted by atomic mass is 9.80. The van der Waals surface area contributed by atoms with Crippen molar-refractivity contribution in [1.82, 2.24) is 9.55 Å². The molecule has 0 spiro atoms. The Morgan fingerprint density at radius 1 is 1.48 bits per heavy atom. The number of methoxy groups -OCH3 is 1. The third kappa shape index (κ3) is 2.54. The molecule has 0 bridgehead atoms. The van der Waals surface area contributed by atoms with E-state index in [1.54, 1.807) is 13.2 Å². The molecule has 1 aliphatic rings. The molecule has 6 heteroatoms. The van der Waals surface area contributed by atoms with Crippen molar-refractivity contribution < 1.29 is 9.13 Å². The molecule has 0 amide bonds. The molecule has 2 aromatic rings. The molecule has 3 nitrogen and oxygen atoms in total. The molecule has 1 fully saturated rings. The number of hydrogen-bond donors (Lipinski definition) is 0. The minimum absolute atomic E-state index is 0.0750. The summed E-state index contributed by atoms with van der Waals surface area (Å²) in [5, 5.41) is -0.195. The second-order valence-electron chi connectivity index (χ2n) is 5.67. The molecule has 0 radical (unpaired) electrons. The molecule has 3 rings (SSSR count). The summed E-state index contributed by atoms with van der Waals surface area (Å²) in [7, 11) is 1.72. The van der Waals surface area contributed by atoms with E-state index < -0.39 is 5.82 Å². The summed E-state index contributed by atoms with van der Waals surface area (Å²) in [4.78, 5) is 4.52. The van der Waals surface area contributed by atoms with Gasteiger partial charge in [-0.2, -0.15) is 0 Å². The van der Waals surface area contributed by atoms with Gasteiger partial charge in [-0.3, -0.25) is 0 Å². The average Bonchev–Trinajstić information content (AvgIpc) is 2.73. The van der Waals surface area contributed by atoms with E-state index in [1.165, 1.54) is 6.07 Å². The molecule has 1 aliphatic carbocycles. The van der Waals surface area contributed by atoms with E-state index in [9.17, 15) is 4.39 Å². The van der Waals surface area contributed by atoms with E-state index in [4.69, 9.17) is 27.9 Å². The van der Waals surface area contributed by atoms with Gasteiger partial charge in [0.15, 0.2) is 0 Å². The number of ether oxygens (including phenoxy) is 1. The minimum Gasteiger partial charge on any atom is -0.376 e. The van der Waals surface area contributed by atoms with Crippen molar-refractivity contribution in [3.63, 3.8) is 0 Å². The van der Waals surface area contributed by atoms with E-state index in [0.29, 0.717) is 17.6 Å². The van der Waals surface area contributed by atoms with Crippen molar-refractivity contribution >= 4 is 34.2 Å². The van der Waals surface area contributed by atoms with E-state index in [-0.39, 0.29) is 16.0 Å². The van der Waals surface area contributed by atoms with Crippen LogP contribution in [0.2, 0.25) is 5.02 Å². The lowest BCUT2D eigenvalue weighted by molar-refractivity contribution is -0.0832. The Kier molecular flexibility index (Phi) is 3.89. The zero-order valence-electron chi connectivity index (χ0n) is 12.0. The number of benzene rings is 1. The van der Waals surface area contributed by atoms with Crippen molar-refractivity contribution in [3.8, 4) is 0 Å². The fourth-order valence-electron chi connectivity index (χ4n) is 2.89. The molecule has 114 valence electrons. The van der Waals surface area contributed by atoms with E-state index in [1.807, 2.05) is 11.5 Å². The molecule has 1 aromatic heterocycles. The second kappa shape index (κ2) is 5.41. The molecule has 21 heavy (non-hydrogen) atoms. The largest absolute Gasteiger partial charge is 0.376 e. The predicted molar refractivity (Wildman–Crippen MR) is 82.6 cm³/mol. The Morgan fingerprint density at radius 3 is 2.71 bits per heavy atom. The van der Waals surface area contributed by atoms with Gasteiger partial charge in [0.05, 0.1) is 33.6 Å². The van der Waals surface area contributed by atoms with Crippen LogP contribution in [0, 0.1) is 5.82 Å². The first-order valence-electron chi connectivity index (χ1n) is 7.00. The van der Waals surface area contributed by atoms with Crippen molar-refractivity contribution in [3.05, 3.63) is 28.8 Å². The lowest BCUT2D eigenvalue weighted by Crippen LogP contribution is -2.43. The number of imidazole rings is 1. The quantitative estimate of drug-likeness (QED) is 0.760. The summed E-state index contributed by atoms with van der Waals surface area (Å²) in [6.45, 7) is 2.49. The normalized spacial score (nSPS) is 18.7. The highest BCUT2D eigenvalue weighted by atomic mass is 35.5. The predicted octanol–water partition coefficient (Wildman–Crippen LogP) is 4.70. The maximum absolute atomic E-state index is 13.8. The fraction of sp³-hybridized carbons (Fsp3) is 0.533. The minimum atomic E-state index is -0.445. The first-order valence-corrected chi connectivity index (χ1v) is 7.81. The summed E-state index contributed by atoms with van der Waals surface area (Å²) in [6, 6.07) is 2.97. The Balaban J connectivity index is 2.13. The zero-order chi connectivity index (χ0) is 15.2. The van der Waals surface area contributed by atoms with Crippen LogP contribution >= 0.6 is 23.2 Å². The molecular weight excluding hydrogens is 314 g/mol. The first-order chi connectivity index (χ1) is 9.96. The van der Waals surface area contributed by atoms with Crippen LogP contribution in [0.15, 0.2) is 12.1 Å². The molecule has 1 unspecified atom stereocenters. The Hall–Kier alpha value is -0.840. The molecule has 0 N–H and O–H groups in total.